The zero-order chi connectivity index (χ0) is 14.3. The van der Waals surface area contributed by atoms with Crippen molar-refractivity contribution in [3.63, 3.8) is 0 Å². The minimum Gasteiger partial charge on any atom is -0.465 e. The van der Waals surface area contributed by atoms with Crippen molar-refractivity contribution in [3.8, 4) is 0 Å². The summed E-state index contributed by atoms with van der Waals surface area (Å²) in [6, 6.07) is 0. The molecule has 0 unspecified atom stereocenters. The maximum absolute atomic E-state index is 11.1. The fraction of sp³-hybridized carbons (Fsp3) is 0.857. The Morgan fingerprint density at radius 2 is 1.84 bits per heavy atom. The molecular formula is C14H22O5. The molecule has 2 fully saturated rings. The highest BCUT2D eigenvalue weighted by Crippen LogP contribution is 2.57. The van der Waals surface area contributed by atoms with Crippen LogP contribution in [-0.4, -0.2) is 36.9 Å². The first-order valence-corrected chi connectivity index (χ1v) is 6.72. The number of fused-ring (bicyclic) bond motifs is 2. The van der Waals surface area contributed by atoms with Crippen LogP contribution in [0.15, 0.2) is 0 Å². The second kappa shape index (κ2) is 4.78. The van der Waals surface area contributed by atoms with Gasteiger partial charge in [0.1, 0.15) is 0 Å². The molecule has 2 heterocycles. The topological polar surface area (TPSA) is 61.8 Å². The SMILES string of the molecule is CC(=O)OC[C@H]1[C@](C)(COC(C)=O)[C@@H]2CC[C@]1(C)O2. The maximum Gasteiger partial charge on any atom is 0.302 e. The van der Waals surface area contributed by atoms with Gasteiger partial charge >= 0.3 is 11.9 Å². The van der Waals surface area contributed by atoms with E-state index in [4.69, 9.17) is 14.2 Å². The van der Waals surface area contributed by atoms with Crippen LogP contribution in [0, 0.1) is 11.3 Å². The highest BCUT2D eigenvalue weighted by atomic mass is 16.6. The van der Waals surface area contributed by atoms with E-state index in [0.29, 0.717) is 13.2 Å². The largest absolute Gasteiger partial charge is 0.465 e. The molecule has 0 aromatic carbocycles. The average molecular weight is 270 g/mol. The van der Waals surface area contributed by atoms with Gasteiger partial charge in [-0.1, -0.05) is 6.92 Å². The van der Waals surface area contributed by atoms with Crippen molar-refractivity contribution in [2.45, 2.75) is 52.2 Å². The van der Waals surface area contributed by atoms with E-state index in [1.165, 1.54) is 13.8 Å². The van der Waals surface area contributed by atoms with E-state index < -0.39 is 0 Å². The van der Waals surface area contributed by atoms with E-state index in [1.54, 1.807) is 0 Å². The van der Waals surface area contributed by atoms with Crippen LogP contribution in [0.4, 0.5) is 0 Å². The highest BCUT2D eigenvalue weighted by molar-refractivity contribution is 5.66. The van der Waals surface area contributed by atoms with Crippen molar-refractivity contribution in [1.82, 2.24) is 0 Å². The van der Waals surface area contributed by atoms with Gasteiger partial charge in [0.25, 0.3) is 0 Å². The standard InChI is InChI=1S/C14H22O5/c1-9(15)17-7-11-13(3,8-18-10(2)16)12-5-6-14(11,4)19-12/h11-12H,5-8H2,1-4H3/t11-,12-,13-,14-/m0/s1. The Balaban J connectivity index is 2.14. The minimum absolute atomic E-state index is 0.0574. The molecule has 19 heavy (non-hydrogen) atoms. The lowest BCUT2D eigenvalue weighted by atomic mass is 9.63. The summed E-state index contributed by atoms with van der Waals surface area (Å²) in [6.07, 6.45) is 1.99. The van der Waals surface area contributed by atoms with Gasteiger partial charge in [0.2, 0.25) is 0 Å². The minimum atomic E-state index is -0.291. The van der Waals surface area contributed by atoms with Crippen LogP contribution in [0.1, 0.15) is 40.5 Å². The highest BCUT2D eigenvalue weighted by Gasteiger charge is 2.63. The third kappa shape index (κ3) is 2.48. The quantitative estimate of drug-likeness (QED) is 0.727. The predicted octanol–water partition coefficient (Wildman–Crippen LogP) is 1.69. The zero-order valence-corrected chi connectivity index (χ0v) is 12.0. The van der Waals surface area contributed by atoms with Gasteiger partial charge in [-0.05, 0) is 19.8 Å². The Labute approximate surface area is 113 Å². The van der Waals surface area contributed by atoms with Crippen LogP contribution in [-0.2, 0) is 23.8 Å². The van der Waals surface area contributed by atoms with Crippen LogP contribution in [0.5, 0.6) is 0 Å². The van der Waals surface area contributed by atoms with Gasteiger partial charge in [-0.25, -0.2) is 0 Å². The first-order valence-electron chi connectivity index (χ1n) is 6.72. The molecule has 5 nitrogen and oxygen atoms in total. The smallest absolute Gasteiger partial charge is 0.302 e. The summed E-state index contributed by atoms with van der Waals surface area (Å²) in [5, 5.41) is 0. The molecule has 2 bridgehead atoms. The average Bonchev–Trinajstić information content (AvgIpc) is 2.77. The van der Waals surface area contributed by atoms with Crippen molar-refractivity contribution in [2.75, 3.05) is 13.2 Å². The Kier molecular flexibility index (Phi) is 3.60. The van der Waals surface area contributed by atoms with E-state index >= 15 is 0 Å². The van der Waals surface area contributed by atoms with Crippen LogP contribution >= 0.6 is 0 Å². The molecule has 0 spiro atoms. The summed E-state index contributed by atoms with van der Waals surface area (Å²) in [6.45, 7) is 7.55. The van der Waals surface area contributed by atoms with Crippen LogP contribution in [0.3, 0.4) is 0 Å². The molecule has 2 saturated heterocycles. The molecule has 2 aliphatic rings. The van der Waals surface area contributed by atoms with E-state index in [0.717, 1.165) is 12.8 Å². The van der Waals surface area contributed by atoms with Gasteiger partial charge in [-0.15, -0.1) is 0 Å². The van der Waals surface area contributed by atoms with E-state index in [9.17, 15) is 9.59 Å². The number of carbonyl (C=O) groups excluding carboxylic acids is 2. The van der Waals surface area contributed by atoms with Gasteiger partial charge in [0.05, 0.1) is 24.9 Å². The molecule has 2 aliphatic heterocycles. The third-order valence-electron chi connectivity index (χ3n) is 4.62. The normalized spacial score (nSPS) is 40.2. The number of hydrogen-bond donors (Lipinski definition) is 0. The van der Waals surface area contributed by atoms with E-state index in [1.807, 2.05) is 0 Å². The summed E-state index contributed by atoms with van der Waals surface area (Å²) < 4.78 is 16.5. The summed E-state index contributed by atoms with van der Waals surface area (Å²) >= 11 is 0. The lowest BCUT2D eigenvalue weighted by Crippen LogP contribution is -2.48. The molecule has 0 aliphatic carbocycles. The molecule has 0 radical (unpaired) electrons. The molecule has 5 heteroatoms. The first-order chi connectivity index (χ1) is 8.78. The zero-order valence-electron chi connectivity index (χ0n) is 12.0. The fourth-order valence-electron chi connectivity index (χ4n) is 3.52. The third-order valence-corrected chi connectivity index (χ3v) is 4.62. The fourth-order valence-corrected chi connectivity index (χ4v) is 3.52. The van der Waals surface area contributed by atoms with Crippen LogP contribution in [0.2, 0.25) is 0 Å². The Hall–Kier alpha value is -1.10. The van der Waals surface area contributed by atoms with E-state index in [-0.39, 0.29) is 35.0 Å². The summed E-state index contributed by atoms with van der Waals surface area (Å²) in [4.78, 5) is 22.1. The predicted molar refractivity (Wildman–Crippen MR) is 67.4 cm³/mol. The number of ether oxygens (including phenoxy) is 3. The maximum atomic E-state index is 11.1. The first kappa shape index (κ1) is 14.3. The molecule has 0 saturated carbocycles. The summed E-state index contributed by atoms with van der Waals surface area (Å²) in [5.41, 5.74) is -0.566. The molecule has 0 aromatic rings. The van der Waals surface area contributed by atoms with Crippen LogP contribution < -0.4 is 0 Å². The van der Waals surface area contributed by atoms with Crippen molar-refractivity contribution >= 4 is 11.9 Å². The Morgan fingerprint density at radius 3 is 2.42 bits per heavy atom. The second-order valence-corrected chi connectivity index (χ2v) is 6.10. The van der Waals surface area contributed by atoms with Gasteiger partial charge in [0, 0.05) is 25.2 Å². The van der Waals surface area contributed by atoms with Gasteiger partial charge in [-0.3, -0.25) is 9.59 Å². The molecule has 0 aromatic heterocycles. The monoisotopic (exact) mass is 270 g/mol. The number of esters is 2. The summed E-state index contributed by atoms with van der Waals surface area (Å²) in [5.74, 6) is -0.524. The number of hydrogen-bond acceptors (Lipinski definition) is 5. The molecule has 108 valence electrons. The molecular weight excluding hydrogens is 248 g/mol. The second-order valence-electron chi connectivity index (χ2n) is 6.10. The number of carbonyl (C=O) groups is 2. The van der Waals surface area contributed by atoms with Crippen LogP contribution in [0.25, 0.3) is 0 Å². The summed E-state index contributed by atoms with van der Waals surface area (Å²) in [7, 11) is 0. The van der Waals surface area contributed by atoms with Crippen molar-refractivity contribution < 1.29 is 23.8 Å². The van der Waals surface area contributed by atoms with Gasteiger partial charge in [-0.2, -0.15) is 0 Å². The molecule has 2 rings (SSSR count). The number of rotatable bonds is 4. The van der Waals surface area contributed by atoms with Crippen molar-refractivity contribution in [1.29, 1.82) is 0 Å². The Morgan fingerprint density at radius 1 is 1.21 bits per heavy atom. The molecule has 0 amide bonds. The lowest BCUT2D eigenvalue weighted by Gasteiger charge is -2.40. The van der Waals surface area contributed by atoms with Crippen molar-refractivity contribution in [2.24, 2.45) is 11.3 Å². The lowest BCUT2D eigenvalue weighted by molar-refractivity contribution is -0.151. The van der Waals surface area contributed by atoms with E-state index in [2.05, 4.69) is 13.8 Å². The van der Waals surface area contributed by atoms with Gasteiger partial charge in [0.15, 0.2) is 0 Å². The van der Waals surface area contributed by atoms with Crippen molar-refractivity contribution in [3.05, 3.63) is 0 Å². The molecule has 4 atom stereocenters. The molecule has 0 N–H and O–H groups in total. The Bertz CT molecular complexity index is 393. The van der Waals surface area contributed by atoms with Gasteiger partial charge < -0.3 is 14.2 Å².